The van der Waals surface area contributed by atoms with E-state index in [9.17, 15) is 15.0 Å². The van der Waals surface area contributed by atoms with Crippen molar-refractivity contribution in [1.82, 2.24) is 0 Å². The number of halogens is 1. The summed E-state index contributed by atoms with van der Waals surface area (Å²) in [7, 11) is 0. The predicted molar refractivity (Wildman–Crippen MR) is 125 cm³/mol. The molecule has 0 saturated carbocycles. The van der Waals surface area contributed by atoms with Crippen LogP contribution >= 0.6 is 22.6 Å². The van der Waals surface area contributed by atoms with Gasteiger partial charge in [-0.05, 0) is 78.3 Å². The van der Waals surface area contributed by atoms with E-state index in [1.165, 1.54) is 0 Å². The molecule has 0 amide bonds. The summed E-state index contributed by atoms with van der Waals surface area (Å²) in [6, 6.07) is 5.45. The minimum Gasteiger partial charge on any atom is -0.507 e. The van der Waals surface area contributed by atoms with E-state index in [-0.39, 0.29) is 30.3 Å². The maximum atomic E-state index is 10.7. The molecule has 164 valence electrons. The van der Waals surface area contributed by atoms with Crippen LogP contribution in [0.15, 0.2) is 42.5 Å². The van der Waals surface area contributed by atoms with Crippen LogP contribution in [0.3, 0.4) is 0 Å². The molecule has 2 bridgehead atoms. The quantitative estimate of drug-likeness (QED) is 0.227. The second kappa shape index (κ2) is 10.8. The number of allylic oxidation sites excluding steroid dienone is 2. The number of fused-ring (bicyclic) bond motifs is 2. The van der Waals surface area contributed by atoms with E-state index in [2.05, 4.69) is 40.8 Å². The lowest BCUT2D eigenvalue weighted by Gasteiger charge is -2.25. The zero-order valence-corrected chi connectivity index (χ0v) is 19.4. The Kier molecular flexibility index (Phi) is 8.36. The fraction of sp³-hybridized carbons (Fsp3) is 0.542. The second-order valence-corrected chi connectivity index (χ2v) is 9.56. The van der Waals surface area contributed by atoms with Gasteiger partial charge in [-0.15, -0.1) is 0 Å². The van der Waals surface area contributed by atoms with Crippen LogP contribution in [0.25, 0.3) is 0 Å². The third-order valence-electron chi connectivity index (χ3n) is 6.36. The highest BCUT2D eigenvalue weighted by atomic mass is 127. The first kappa shape index (κ1) is 23.3. The number of rotatable bonds is 10. The lowest BCUT2D eigenvalue weighted by molar-refractivity contribution is -0.137. The van der Waals surface area contributed by atoms with Gasteiger partial charge in [-0.1, -0.05) is 37.3 Å². The van der Waals surface area contributed by atoms with E-state index in [4.69, 9.17) is 9.84 Å². The van der Waals surface area contributed by atoms with Crippen LogP contribution in [0, 0.1) is 15.4 Å². The zero-order valence-electron chi connectivity index (χ0n) is 17.3. The van der Waals surface area contributed by atoms with E-state index in [1.807, 2.05) is 25.1 Å². The molecule has 2 fully saturated rings. The summed E-state index contributed by atoms with van der Waals surface area (Å²) < 4.78 is 6.92. The summed E-state index contributed by atoms with van der Waals surface area (Å²) in [5.41, 5.74) is 0.999. The molecule has 6 heteroatoms. The van der Waals surface area contributed by atoms with Crippen molar-refractivity contribution in [3.63, 3.8) is 0 Å². The number of aliphatic hydroxyl groups excluding tert-OH is 1. The maximum Gasteiger partial charge on any atom is 0.303 e. The van der Waals surface area contributed by atoms with Crippen molar-refractivity contribution in [3.05, 3.63) is 51.6 Å². The Morgan fingerprint density at radius 1 is 1.30 bits per heavy atom. The number of phenols is 1. The Morgan fingerprint density at radius 3 is 2.80 bits per heavy atom. The van der Waals surface area contributed by atoms with Crippen molar-refractivity contribution < 1.29 is 24.9 Å². The van der Waals surface area contributed by atoms with E-state index < -0.39 is 12.1 Å². The number of carboxylic acids is 1. The van der Waals surface area contributed by atoms with Crippen LogP contribution in [0.5, 0.6) is 5.75 Å². The highest BCUT2D eigenvalue weighted by molar-refractivity contribution is 14.1. The van der Waals surface area contributed by atoms with Crippen molar-refractivity contribution in [3.8, 4) is 5.75 Å². The highest BCUT2D eigenvalue weighted by Crippen LogP contribution is 2.46. The summed E-state index contributed by atoms with van der Waals surface area (Å²) in [4.78, 5) is 10.6. The van der Waals surface area contributed by atoms with Crippen molar-refractivity contribution in [1.29, 1.82) is 0 Å². The smallest absolute Gasteiger partial charge is 0.303 e. The Balaban J connectivity index is 1.57. The van der Waals surface area contributed by atoms with E-state index in [0.717, 1.165) is 34.8 Å². The van der Waals surface area contributed by atoms with Gasteiger partial charge < -0.3 is 20.1 Å². The molecule has 5 nitrogen and oxygen atoms in total. The third-order valence-corrected chi connectivity index (χ3v) is 7.23. The number of hydrogen-bond donors (Lipinski definition) is 3. The molecule has 3 rings (SSSR count). The number of unbranched alkanes of at least 4 members (excludes halogenated alkanes) is 1. The van der Waals surface area contributed by atoms with Crippen LogP contribution in [-0.2, 0) is 9.53 Å². The molecule has 1 aromatic rings. The van der Waals surface area contributed by atoms with Crippen LogP contribution in [0.4, 0.5) is 0 Å². The Hall–Kier alpha value is -1.38. The van der Waals surface area contributed by atoms with Gasteiger partial charge in [0, 0.05) is 18.3 Å². The van der Waals surface area contributed by atoms with Gasteiger partial charge in [0.2, 0.25) is 0 Å². The number of phenolic OH excluding ortho intramolecular Hbond substituents is 1. The van der Waals surface area contributed by atoms with Crippen LogP contribution in [0.2, 0.25) is 0 Å². The van der Waals surface area contributed by atoms with Crippen LogP contribution in [0.1, 0.15) is 56.9 Å². The predicted octanol–water partition coefficient (Wildman–Crippen LogP) is 5.01. The summed E-state index contributed by atoms with van der Waals surface area (Å²) in [6.45, 7) is 1.99. The first-order chi connectivity index (χ1) is 14.4. The first-order valence-corrected chi connectivity index (χ1v) is 11.8. The standard InChI is InChI=1S/C24H31IO5/c1-15(16-8-10-21(27)19(25)14-16)20(26)11-9-18-17(22-12-13-23(18)30-22)6-4-2-3-5-7-24(28)29/h2,4,8-11,14-15,17-18,20,22-23,26-27H,3,5-7,12-13H2,1H3,(H,28,29)/b4-2-,11-9+/t15?,17-,18+,20?,22-,23+/m0/s1. The maximum absolute atomic E-state index is 10.7. The highest BCUT2D eigenvalue weighted by Gasteiger charge is 2.46. The molecule has 2 saturated heterocycles. The van der Waals surface area contributed by atoms with Crippen molar-refractivity contribution in [2.24, 2.45) is 11.8 Å². The average Bonchev–Trinajstić information content (AvgIpc) is 3.31. The number of aromatic hydroxyl groups is 1. The lowest BCUT2D eigenvalue weighted by atomic mass is 9.77. The van der Waals surface area contributed by atoms with Crippen molar-refractivity contribution in [2.75, 3.05) is 0 Å². The minimum atomic E-state index is -0.745. The number of benzene rings is 1. The molecule has 30 heavy (non-hydrogen) atoms. The van der Waals surface area contributed by atoms with Gasteiger partial charge >= 0.3 is 5.97 Å². The number of carbonyl (C=O) groups is 1. The average molecular weight is 526 g/mol. The molecule has 2 aliphatic heterocycles. The number of aliphatic hydroxyl groups is 1. The van der Waals surface area contributed by atoms with Gasteiger partial charge in [0.05, 0.1) is 21.9 Å². The largest absolute Gasteiger partial charge is 0.507 e. The molecule has 0 aromatic heterocycles. The van der Waals surface area contributed by atoms with Gasteiger partial charge in [-0.3, -0.25) is 4.79 Å². The summed E-state index contributed by atoms with van der Waals surface area (Å²) in [6.07, 6.45) is 13.0. The van der Waals surface area contributed by atoms with Gasteiger partial charge in [0.1, 0.15) is 5.75 Å². The number of aliphatic carboxylic acids is 1. The summed E-state index contributed by atoms with van der Waals surface area (Å²) >= 11 is 2.10. The van der Waals surface area contributed by atoms with Gasteiger partial charge in [-0.2, -0.15) is 0 Å². The van der Waals surface area contributed by atoms with Crippen LogP contribution < -0.4 is 0 Å². The number of hydrogen-bond acceptors (Lipinski definition) is 4. The van der Waals surface area contributed by atoms with Gasteiger partial charge in [0.15, 0.2) is 0 Å². The van der Waals surface area contributed by atoms with Crippen LogP contribution in [-0.4, -0.2) is 39.6 Å². The van der Waals surface area contributed by atoms with E-state index in [0.29, 0.717) is 18.3 Å². The molecular formula is C24H31IO5. The van der Waals surface area contributed by atoms with Gasteiger partial charge in [-0.25, -0.2) is 0 Å². The topological polar surface area (TPSA) is 87.0 Å². The zero-order chi connectivity index (χ0) is 21.7. The lowest BCUT2D eigenvalue weighted by Crippen LogP contribution is -2.26. The fourth-order valence-corrected chi connectivity index (χ4v) is 5.08. The minimum absolute atomic E-state index is 0.0672. The molecule has 1 aromatic carbocycles. The molecule has 2 heterocycles. The molecule has 0 aliphatic carbocycles. The molecule has 3 N–H and O–H groups in total. The normalized spacial score (nSPS) is 27.8. The van der Waals surface area contributed by atoms with Crippen molar-refractivity contribution in [2.45, 2.75) is 69.7 Å². The molecule has 2 unspecified atom stereocenters. The SMILES string of the molecule is CC(c1ccc(O)c(I)c1)C(O)/C=C/[C@@H]1[C@H](C/C=C\CCCC(=O)O)[C@@H]2CC[C@H]1O2. The summed E-state index contributed by atoms with van der Waals surface area (Å²) in [5.74, 6) is 0.156. The Bertz CT molecular complexity index is 790. The van der Waals surface area contributed by atoms with E-state index >= 15 is 0 Å². The molecular weight excluding hydrogens is 495 g/mol. The first-order valence-electron chi connectivity index (χ1n) is 10.7. The van der Waals surface area contributed by atoms with Gasteiger partial charge in [0.25, 0.3) is 0 Å². The number of carboxylic acid groups (broad SMARTS) is 1. The molecule has 0 radical (unpaired) electrons. The third kappa shape index (κ3) is 5.86. The summed E-state index contributed by atoms with van der Waals surface area (Å²) in [5, 5.41) is 29.1. The molecule has 0 spiro atoms. The Morgan fingerprint density at radius 2 is 2.07 bits per heavy atom. The van der Waals surface area contributed by atoms with Crippen molar-refractivity contribution >= 4 is 28.6 Å². The Labute approximate surface area is 192 Å². The number of ether oxygens (including phenoxy) is 1. The fourth-order valence-electron chi connectivity index (χ4n) is 4.54. The molecule has 6 atom stereocenters. The second-order valence-electron chi connectivity index (χ2n) is 8.40. The monoisotopic (exact) mass is 526 g/mol. The van der Waals surface area contributed by atoms with E-state index in [1.54, 1.807) is 6.07 Å². The molecule has 2 aliphatic rings.